The number of anilines is 1. The second-order valence-corrected chi connectivity index (χ2v) is 5.38. The van der Waals surface area contributed by atoms with Gasteiger partial charge < -0.3 is 10.1 Å². The third-order valence-electron chi connectivity index (χ3n) is 3.66. The number of amides is 1. The number of halogens is 1. The molecule has 1 fully saturated rings. The Morgan fingerprint density at radius 3 is 3.00 bits per heavy atom. The van der Waals surface area contributed by atoms with E-state index >= 15 is 0 Å². The molecule has 2 rings (SSSR count). The molecular formula is C15H19ClN2O3. The van der Waals surface area contributed by atoms with Crippen molar-refractivity contribution in [3.05, 3.63) is 28.8 Å². The van der Waals surface area contributed by atoms with Gasteiger partial charge in [0.05, 0.1) is 6.42 Å². The first-order valence-electron chi connectivity index (χ1n) is 6.98. The number of likely N-dealkylation sites (N-methyl/N-ethyl adjacent to an activating group) is 1. The van der Waals surface area contributed by atoms with Crippen LogP contribution in [0.1, 0.15) is 18.9 Å². The van der Waals surface area contributed by atoms with E-state index in [4.69, 9.17) is 16.3 Å². The number of benzene rings is 1. The van der Waals surface area contributed by atoms with Gasteiger partial charge in [0, 0.05) is 17.3 Å². The Balaban J connectivity index is 2.03. The summed E-state index contributed by atoms with van der Waals surface area (Å²) in [6, 6.07) is 4.82. The van der Waals surface area contributed by atoms with Crippen molar-refractivity contribution in [2.75, 3.05) is 25.0 Å². The summed E-state index contributed by atoms with van der Waals surface area (Å²) >= 11 is 6.02. The minimum absolute atomic E-state index is 0.0820. The first-order chi connectivity index (χ1) is 10.0. The number of ether oxygens (including phenoxy) is 1. The summed E-state index contributed by atoms with van der Waals surface area (Å²) in [4.78, 5) is 25.9. The molecule has 0 aliphatic carbocycles. The highest BCUT2D eigenvalue weighted by Gasteiger charge is 2.32. The van der Waals surface area contributed by atoms with Crippen molar-refractivity contribution in [2.45, 2.75) is 26.3 Å². The van der Waals surface area contributed by atoms with Gasteiger partial charge in [-0.05, 0) is 31.2 Å². The Kier molecular flexibility index (Phi) is 5.20. The molecule has 1 saturated heterocycles. The third-order valence-corrected chi connectivity index (χ3v) is 4.07. The number of carbonyl (C=O) groups is 2. The fraction of sp³-hybridized carbons (Fsp3) is 0.467. The van der Waals surface area contributed by atoms with Crippen LogP contribution in [0, 0.1) is 6.92 Å². The van der Waals surface area contributed by atoms with Gasteiger partial charge >= 0.3 is 5.97 Å². The van der Waals surface area contributed by atoms with Crippen LogP contribution in [0.2, 0.25) is 5.02 Å². The Morgan fingerprint density at radius 1 is 1.52 bits per heavy atom. The summed E-state index contributed by atoms with van der Waals surface area (Å²) in [7, 11) is 0. The molecule has 0 spiro atoms. The quantitative estimate of drug-likeness (QED) is 0.866. The van der Waals surface area contributed by atoms with Crippen molar-refractivity contribution < 1.29 is 14.3 Å². The highest BCUT2D eigenvalue weighted by Crippen LogP contribution is 2.23. The van der Waals surface area contributed by atoms with Crippen molar-refractivity contribution >= 4 is 29.2 Å². The lowest BCUT2D eigenvalue weighted by molar-refractivity contribution is -0.158. The predicted octanol–water partition coefficient (Wildman–Crippen LogP) is 2.22. The van der Waals surface area contributed by atoms with Crippen LogP contribution < -0.4 is 5.32 Å². The van der Waals surface area contributed by atoms with E-state index in [1.165, 1.54) is 0 Å². The van der Waals surface area contributed by atoms with Gasteiger partial charge in [-0.15, -0.1) is 0 Å². The highest BCUT2D eigenvalue weighted by atomic mass is 35.5. The molecule has 0 saturated carbocycles. The maximum Gasteiger partial charge on any atom is 0.323 e. The van der Waals surface area contributed by atoms with E-state index in [2.05, 4.69) is 5.32 Å². The van der Waals surface area contributed by atoms with Crippen molar-refractivity contribution in [3.8, 4) is 0 Å². The summed E-state index contributed by atoms with van der Waals surface area (Å²) < 4.78 is 5.03. The summed E-state index contributed by atoms with van der Waals surface area (Å²) in [5, 5.41) is 3.40. The van der Waals surface area contributed by atoms with Crippen LogP contribution in [0.15, 0.2) is 18.2 Å². The lowest BCUT2D eigenvalue weighted by Gasteiger charge is -2.32. The average molecular weight is 311 g/mol. The first kappa shape index (κ1) is 15.8. The minimum atomic E-state index is -0.511. The molecule has 0 bridgehead atoms. The molecule has 6 heteroatoms. The van der Waals surface area contributed by atoms with Gasteiger partial charge in [-0.1, -0.05) is 24.6 Å². The Hall–Kier alpha value is -1.59. The number of cyclic esters (lactones) is 1. The molecule has 21 heavy (non-hydrogen) atoms. The molecule has 1 heterocycles. The number of hydrogen-bond acceptors (Lipinski definition) is 4. The fourth-order valence-corrected chi connectivity index (χ4v) is 2.55. The van der Waals surface area contributed by atoms with Crippen LogP contribution in [-0.2, 0) is 14.3 Å². The molecule has 1 aromatic carbocycles. The second kappa shape index (κ2) is 6.91. The monoisotopic (exact) mass is 310 g/mol. The Bertz CT molecular complexity index is 548. The normalized spacial score (nSPS) is 19.2. The number of morpholine rings is 1. The zero-order valence-electron chi connectivity index (χ0n) is 12.2. The molecule has 0 aromatic heterocycles. The Morgan fingerprint density at radius 2 is 2.29 bits per heavy atom. The van der Waals surface area contributed by atoms with Gasteiger partial charge in [0.2, 0.25) is 5.91 Å². The number of esters is 1. The van der Waals surface area contributed by atoms with Crippen molar-refractivity contribution in [1.82, 2.24) is 4.90 Å². The van der Waals surface area contributed by atoms with Crippen molar-refractivity contribution in [3.63, 3.8) is 0 Å². The second-order valence-electron chi connectivity index (χ2n) is 4.98. The zero-order valence-corrected chi connectivity index (χ0v) is 12.9. The molecule has 1 N–H and O–H groups in total. The Labute approximate surface area is 129 Å². The summed E-state index contributed by atoms with van der Waals surface area (Å²) in [6.07, 6.45) is 0.0820. The van der Waals surface area contributed by atoms with Gasteiger partial charge in [0.1, 0.15) is 12.6 Å². The van der Waals surface area contributed by atoms with E-state index in [1.807, 2.05) is 18.7 Å². The molecule has 0 unspecified atom stereocenters. The molecule has 1 atom stereocenters. The topological polar surface area (TPSA) is 58.6 Å². The zero-order chi connectivity index (χ0) is 15.4. The lowest BCUT2D eigenvalue weighted by atomic mass is 10.1. The smallest absolute Gasteiger partial charge is 0.323 e. The van der Waals surface area contributed by atoms with Gasteiger partial charge in [-0.25, -0.2) is 0 Å². The van der Waals surface area contributed by atoms with Crippen LogP contribution in [0.25, 0.3) is 0 Å². The SMILES string of the molecule is CCN1CCOC(=O)[C@H]1CC(=O)Nc1cccc(Cl)c1C. The van der Waals surface area contributed by atoms with E-state index in [1.54, 1.807) is 18.2 Å². The number of rotatable bonds is 4. The van der Waals surface area contributed by atoms with Gasteiger partial charge in [0.15, 0.2) is 0 Å². The summed E-state index contributed by atoms with van der Waals surface area (Å²) in [5.41, 5.74) is 1.48. The number of nitrogens with one attached hydrogen (secondary N) is 1. The van der Waals surface area contributed by atoms with Gasteiger partial charge in [-0.2, -0.15) is 0 Å². The molecule has 1 aliphatic heterocycles. The standard InChI is InChI=1S/C15H19ClN2O3/c1-3-18-7-8-21-15(20)13(18)9-14(19)17-12-6-4-5-11(16)10(12)2/h4-6,13H,3,7-9H2,1-2H3,(H,17,19)/t13-/m1/s1. The van der Waals surface area contributed by atoms with Crippen molar-refractivity contribution in [1.29, 1.82) is 0 Å². The largest absolute Gasteiger partial charge is 0.463 e. The van der Waals surface area contributed by atoms with Crippen LogP contribution in [0.3, 0.4) is 0 Å². The molecule has 1 aromatic rings. The summed E-state index contributed by atoms with van der Waals surface area (Å²) in [6.45, 7) is 5.56. The van der Waals surface area contributed by atoms with E-state index in [0.29, 0.717) is 30.4 Å². The third kappa shape index (κ3) is 3.74. The predicted molar refractivity (Wildman–Crippen MR) is 81.4 cm³/mol. The molecule has 1 amide bonds. The lowest BCUT2D eigenvalue weighted by Crippen LogP contribution is -2.50. The molecule has 0 radical (unpaired) electrons. The fourth-order valence-electron chi connectivity index (χ4n) is 2.38. The summed E-state index contributed by atoms with van der Waals surface area (Å²) in [5.74, 6) is -0.552. The van der Waals surface area contributed by atoms with Crippen LogP contribution in [-0.4, -0.2) is 42.5 Å². The maximum absolute atomic E-state index is 12.2. The number of hydrogen-bond donors (Lipinski definition) is 1. The molecule has 114 valence electrons. The van der Waals surface area contributed by atoms with E-state index in [0.717, 1.165) is 5.56 Å². The maximum atomic E-state index is 12.2. The molecule has 1 aliphatic rings. The van der Waals surface area contributed by atoms with Crippen LogP contribution >= 0.6 is 11.6 Å². The van der Waals surface area contributed by atoms with Crippen LogP contribution in [0.5, 0.6) is 0 Å². The van der Waals surface area contributed by atoms with E-state index in [-0.39, 0.29) is 18.3 Å². The first-order valence-corrected chi connectivity index (χ1v) is 7.36. The van der Waals surface area contributed by atoms with E-state index in [9.17, 15) is 9.59 Å². The minimum Gasteiger partial charge on any atom is -0.463 e. The highest BCUT2D eigenvalue weighted by molar-refractivity contribution is 6.31. The number of carbonyl (C=O) groups excluding carboxylic acids is 2. The average Bonchev–Trinajstić information content (AvgIpc) is 2.46. The van der Waals surface area contributed by atoms with Crippen molar-refractivity contribution in [2.24, 2.45) is 0 Å². The number of nitrogens with zero attached hydrogens (tertiary/aromatic N) is 1. The van der Waals surface area contributed by atoms with Crippen LogP contribution in [0.4, 0.5) is 5.69 Å². The molecule has 5 nitrogen and oxygen atoms in total. The van der Waals surface area contributed by atoms with Gasteiger partial charge in [-0.3, -0.25) is 14.5 Å². The van der Waals surface area contributed by atoms with Gasteiger partial charge in [0.25, 0.3) is 0 Å². The molecular weight excluding hydrogens is 292 g/mol. The van der Waals surface area contributed by atoms with E-state index < -0.39 is 6.04 Å².